The van der Waals surface area contributed by atoms with Crippen LogP contribution in [-0.2, 0) is 19.4 Å². The molecule has 0 bridgehead atoms. The highest BCUT2D eigenvalue weighted by Gasteiger charge is 2.25. The average Bonchev–Trinajstić information content (AvgIpc) is 3.17. The van der Waals surface area contributed by atoms with Crippen molar-refractivity contribution in [1.29, 1.82) is 0 Å². The molecule has 0 unspecified atom stereocenters. The second-order valence-corrected chi connectivity index (χ2v) is 7.60. The molecule has 1 aromatic heterocycles. The van der Waals surface area contributed by atoms with Crippen LogP contribution in [0.25, 0.3) is 0 Å². The predicted molar refractivity (Wildman–Crippen MR) is 94.0 cm³/mol. The molecule has 1 fully saturated rings. The van der Waals surface area contributed by atoms with Crippen LogP contribution in [0, 0.1) is 0 Å². The normalized spacial score (nSPS) is 18.2. The number of nitrogens with zero attached hydrogens (tertiary/aromatic N) is 2. The molecule has 1 saturated heterocycles. The van der Waals surface area contributed by atoms with Gasteiger partial charge in [-0.3, -0.25) is 9.69 Å². The van der Waals surface area contributed by atoms with Gasteiger partial charge in [-0.15, -0.1) is 11.3 Å². The highest BCUT2D eigenvalue weighted by Crippen LogP contribution is 2.31. The molecule has 4 rings (SSSR count). The van der Waals surface area contributed by atoms with E-state index in [-0.39, 0.29) is 5.91 Å². The molecular formula is C19H22N2OS. The fourth-order valence-electron chi connectivity index (χ4n) is 3.54. The van der Waals surface area contributed by atoms with Crippen molar-refractivity contribution >= 4 is 17.2 Å². The van der Waals surface area contributed by atoms with E-state index in [0.717, 1.165) is 50.4 Å². The maximum absolute atomic E-state index is 12.7. The van der Waals surface area contributed by atoms with Crippen molar-refractivity contribution in [3.63, 3.8) is 0 Å². The Kier molecular flexibility index (Phi) is 4.19. The fraction of sp³-hybridized carbons (Fsp3) is 0.421. The molecule has 0 spiro atoms. The summed E-state index contributed by atoms with van der Waals surface area (Å²) in [5, 5.41) is 0. The molecule has 3 nitrogen and oxygen atoms in total. The van der Waals surface area contributed by atoms with Crippen molar-refractivity contribution in [1.82, 2.24) is 9.80 Å². The Morgan fingerprint density at radius 2 is 1.83 bits per heavy atom. The van der Waals surface area contributed by atoms with Gasteiger partial charge >= 0.3 is 0 Å². The van der Waals surface area contributed by atoms with Crippen LogP contribution in [0.2, 0.25) is 0 Å². The standard InChI is InChI=1S/C19H22N2OS/c22-19(18-13-16-7-4-8-17(16)23-18)21-11-9-20(10-12-21)14-15-5-2-1-3-6-15/h1-3,5-6,13H,4,7-12,14H2. The van der Waals surface area contributed by atoms with Crippen LogP contribution in [0.5, 0.6) is 0 Å². The van der Waals surface area contributed by atoms with Crippen molar-refractivity contribution < 1.29 is 4.79 Å². The van der Waals surface area contributed by atoms with E-state index < -0.39 is 0 Å². The number of carbonyl (C=O) groups excluding carboxylic acids is 1. The minimum atomic E-state index is 0.240. The minimum absolute atomic E-state index is 0.240. The maximum atomic E-state index is 12.7. The second kappa shape index (κ2) is 6.46. The lowest BCUT2D eigenvalue weighted by Gasteiger charge is -2.34. The topological polar surface area (TPSA) is 23.6 Å². The number of benzene rings is 1. The summed E-state index contributed by atoms with van der Waals surface area (Å²) in [4.78, 5) is 19.5. The van der Waals surface area contributed by atoms with Crippen molar-refractivity contribution in [3.8, 4) is 0 Å². The maximum Gasteiger partial charge on any atom is 0.264 e. The Hall–Kier alpha value is -1.65. The lowest BCUT2D eigenvalue weighted by molar-refractivity contribution is 0.0633. The van der Waals surface area contributed by atoms with Crippen LogP contribution < -0.4 is 0 Å². The fourth-order valence-corrected chi connectivity index (χ4v) is 4.76. The van der Waals surface area contributed by atoms with Gasteiger partial charge in [0.15, 0.2) is 0 Å². The van der Waals surface area contributed by atoms with Crippen molar-refractivity contribution in [2.45, 2.75) is 25.8 Å². The molecule has 1 amide bonds. The second-order valence-electron chi connectivity index (χ2n) is 6.47. The molecule has 1 aliphatic heterocycles. The third-order valence-electron chi connectivity index (χ3n) is 4.87. The minimum Gasteiger partial charge on any atom is -0.335 e. The number of amides is 1. The summed E-state index contributed by atoms with van der Waals surface area (Å²) in [6.45, 7) is 4.59. The van der Waals surface area contributed by atoms with Gasteiger partial charge in [-0.25, -0.2) is 0 Å². The summed E-state index contributed by atoms with van der Waals surface area (Å²) < 4.78 is 0. The van der Waals surface area contributed by atoms with Crippen molar-refractivity contribution in [2.75, 3.05) is 26.2 Å². The largest absolute Gasteiger partial charge is 0.335 e. The van der Waals surface area contributed by atoms with Gasteiger partial charge in [0.05, 0.1) is 4.88 Å². The van der Waals surface area contributed by atoms with E-state index in [2.05, 4.69) is 41.3 Å². The number of thiophene rings is 1. The zero-order valence-corrected chi connectivity index (χ0v) is 14.1. The van der Waals surface area contributed by atoms with Gasteiger partial charge in [-0.1, -0.05) is 30.3 Å². The summed E-state index contributed by atoms with van der Waals surface area (Å²) >= 11 is 1.72. The lowest BCUT2D eigenvalue weighted by atomic mass is 10.2. The van der Waals surface area contributed by atoms with Gasteiger partial charge in [-0.2, -0.15) is 0 Å². The highest BCUT2D eigenvalue weighted by atomic mass is 32.1. The van der Waals surface area contributed by atoms with Gasteiger partial charge in [0.2, 0.25) is 0 Å². The molecule has 0 N–H and O–H groups in total. The molecule has 1 aliphatic carbocycles. The Bertz CT molecular complexity index is 665. The summed E-state index contributed by atoms with van der Waals surface area (Å²) in [6, 6.07) is 12.7. The van der Waals surface area contributed by atoms with E-state index in [9.17, 15) is 4.79 Å². The SMILES string of the molecule is O=C(c1cc2c(s1)CCC2)N1CCN(Cc2ccccc2)CC1. The number of carbonyl (C=O) groups is 1. The predicted octanol–water partition coefficient (Wildman–Crippen LogP) is 3.19. The molecule has 2 heterocycles. The molecule has 2 aliphatic rings. The number of rotatable bonds is 3. The first-order valence-corrected chi connectivity index (χ1v) is 9.28. The molecule has 120 valence electrons. The van der Waals surface area contributed by atoms with Crippen LogP contribution >= 0.6 is 11.3 Å². The zero-order chi connectivity index (χ0) is 15.6. The Morgan fingerprint density at radius 1 is 1.04 bits per heavy atom. The third-order valence-corrected chi connectivity index (χ3v) is 6.09. The van der Waals surface area contributed by atoms with Gasteiger partial charge < -0.3 is 4.90 Å². The number of aryl methyl sites for hydroxylation is 2. The monoisotopic (exact) mass is 326 g/mol. The third kappa shape index (κ3) is 3.19. The summed E-state index contributed by atoms with van der Waals surface area (Å²) in [5.41, 5.74) is 2.77. The van der Waals surface area contributed by atoms with Crippen LogP contribution in [-0.4, -0.2) is 41.9 Å². The van der Waals surface area contributed by atoms with Gasteiger partial charge in [0.1, 0.15) is 0 Å². The van der Waals surface area contributed by atoms with E-state index in [1.807, 2.05) is 4.90 Å². The molecular weight excluding hydrogens is 304 g/mol. The smallest absolute Gasteiger partial charge is 0.264 e. The van der Waals surface area contributed by atoms with Gasteiger partial charge in [0.25, 0.3) is 5.91 Å². The van der Waals surface area contributed by atoms with E-state index in [1.165, 1.54) is 22.4 Å². The average molecular weight is 326 g/mol. The van der Waals surface area contributed by atoms with E-state index >= 15 is 0 Å². The summed E-state index contributed by atoms with van der Waals surface area (Å²) in [6.07, 6.45) is 3.58. The molecule has 0 radical (unpaired) electrons. The molecule has 0 saturated carbocycles. The zero-order valence-electron chi connectivity index (χ0n) is 13.3. The van der Waals surface area contributed by atoms with Crippen molar-refractivity contribution in [2.24, 2.45) is 0 Å². The first-order valence-electron chi connectivity index (χ1n) is 8.47. The first-order chi connectivity index (χ1) is 11.3. The van der Waals surface area contributed by atoms with E-state index in [1.54, 1.807) is 11.3 Å². The van der Waals surface area contributed by atoms with E-state index in [0.29, 0.717) is 0 Å². The highest BCUT2D eigenvalue weighted by molar-refractivity contribution is 7.14. The van der Waals surface area contributed by atoms with E-state index in [4.69, 9.17) is 0 Å². The van der Waals surface area contributed by atoms with Crippen LogP contribution in [0.4, 0.5) is 0 Å². The van der Waals surface area contributed by atoms with Crippen LogP contribution in [0.3, 0.4) is 0 Å². The number of hydrogen-bond donors (Lipinski definition) is 0. The molecule has 23 heavy (non-hydrogen) atoms. The summed E-state index contributed by atoms with van der Waals surface area (Å²) in [5.74, 6) is 0.240. The quantitative estimate of drug-likeness (QED) is 0.865. The van der Waals surface area contributed by atoms with Gasteiger partial charge in [0, 0.05) is 37.6 Å². The van der Waals surface area contributed by atoms with Crippen molar-refractivity contribution in [3.05, 3.63) is 57.3 Å². The number of hydrogen-bond acceptors (Lipinski definition) is 3. The molecule has 0 atom stereocenters. The number of fused-ring (bicyclic) bond motifs is 1. The van der Waals surface area contributed by atoms with Crippen LogP contribution in [0.1, 0.15) is 32.1 Å². The molecule has 4 heteroatoms. The molecule has 1 aromatic carbocycles. The summed E-state index contributed by atoms with van der Waals surface area (Å²) in [7, 11) is 0. The van der Waals surface area contributed by atoms with Gasteiger partial charge in [-0.05, 0) is 36.5 Å². The Balaban J connectivity index is 1.34. The Morgan fingerprint density at radius 3 is 2.57 bits per heavy atom. The Labute approximate surface area is 141 Å². The first kappa shape index (κ1) is 14.9. The van der Waals surface area contributed by atoms with Crippen LogP contribution in [0.15, 0.2) is 36.4 Å². The molecule has 2 aromatic rings. The number of piperazine rings is 1. The lowest BCUT2D eigenvalue weighted by Crippen LogP contribution is -2.48.